The zero-order chi connectivity index (χ0) is 18.0. The summed E-state index contributed by atoms with van der Waals surface area (Å²) in [4.78, 5) is 16.7. The number of nitrogens with two attached hydrogens (primary N) is 1. The van der Waals surface area contributed by atoms with Crippen LogP contribution >= 0.6 is 27.3 Å². The van der Waals surface area contributed by atoms with E-state index in [-0.39, 0.29) is 12.5 Å². The van der Waals surface area contributed by atoms with Crippen LogP contribution in [0.15, 0.2) is 34.8 Å². The number of hydrogen-bond donors (Lipinski definition) is 3. The minimum Gasteiger partial charge on any atom is -0.484 e. The van der Waals surface area contributed by atoms with Crippen molar-refractivity contribution < 1.29 is 9.53 Å². The summed E-state index contributed by atoms with van der Waals surface area (Å²) in [5.74, 6) is 5.86. The number of rotatable bonds is 5. The molecule has 0 aliphatic carbocycles. The first-order valence-corrected chi connectivity index (χ1v) is 9.14. The monoisotopic (exact) mass is 420 g/mol. The van der Waals surface area contributed by atoms with Gasteiger partial charge in [-0.1, -0.05) is 27.3 Å². The highest BCUT2D eigenvalue weighted by Crippen LogP contribution is 2.34. The van der Waals surface area contributed by atoms with Crippen molar-refractivity contribution in [3.8, 4) is 5.75 Å². The molecule has 1 heterocycles. The standard InChI is InChI=1S/C17H17BrN4O2S/c1-9-7-13-16(25-17(20-13)22-19)10(2)15(9)21-14(23)8-24-12-5-3-11(18)4-6-12/h3-7H,8,19H2,1-2H3,(H,20,22)(H,21,23). The Kier molecular flexibility index (Phi) is 5.22. The van der Waals surface area contributed by atoms with Gasteiger partial charge in [0, 0.05) is 10.2 Å². The van der Waals surface area contributed by atoms with Crippen LogP contribution in [0.4, 0.5) is 10.8 Å². The number of carbonyl (C=O) groups excluding carboxylic acids is 1. The fourth-order valence-corrected chi connectivity index (χ4v) is 3.62. The van der Waals surface area contributed by atoms with E-state index in [0.717, 1.165) is 31.5 Å². The summed E-state index contributed by atoms with van der Waals surface area (Å²) in [5.41, 5.74) is 6.11. The molecule has 0 bridgehead atoms. The lowest BCUT2D eigenvalue weighted by Gasteiger charge is -2.13. The van der Waals surface area contributed by atoms with Crippen LogP contribution in [0, 0.1) is 13.8 Å². The number of halogens is 1. The molecule has 6 nitrogen and oxygen atoms in total. The average Bonchev–Trinajstić information content (AvgIpc) is 3.01. The van der Waals surface area contributed by atoms with Crippen molar-refractivity contribution in [3.63, 3.8) is 0 Å². The molecule has 1 aromatic heterocycles. The number of benzene rings is 2. The maximum Gasteiger partial charge on any atom is 0.262 e. The number of nitrogen functional groups attached to an aromatic ring is 1. The van der Waals surface area contributed by atoms with Gasteiger partial charge in [0.05, 0.1) is 10.2 Å². The Balaban J connectivity index is 1.75. The first kappa shape index (κ1) is 17.7. The Labute approximate surface area is 157 Å². The summed E-state index contributed by atoms with van der Waals surface area (Å²) in [6.45, 7) is 3.84. The molecule has 0 fully saturated rings. The average molecular weight is 421 g/mol. The lowest BCUT2D eigenvalue weighted by molar-refractivity contribution is -0.118. The molecule has 0 atom stereocenters. The second-order valence-electron chi connectivity index (χ2n) is 5.50. The summed E-state index contributed by atoms with van der Waals surface area (Å²) in [6.07, 6.45) is 0. The van der Waals surface area contributed by atoms with Crippen LogP contribution in [-0.4, -0.2) is 17.5 Å². The van der Waals surface area contributed by atoms with Gasteiger partial charge in [0.1, 0.15) is 5.75 Å². The lowest BCUT2D eigenvalue weighted by Crippen LogP contribution is -2.21. The Morgan fingerprint density at radius 1 is 1.32 bits per heavy atom. The highest BCUT2D eigenvalue weighted by atomic mass is 79.9. The van der Waals surface area contributed by atoms with E-state index in [9.17, 15) is 4.79 Å². The summed E-state index contributed by atoms with van der Waals surface area (Å²) in [5, 5.41) is 3.57. The smallest absolute Gasteiger partial charge is 0.262 e. The van der Waals surface area contributed by atoms with Crippen molar-refractivity contribution in [2.24, 2.45) is 5.84 Å². The van der Waals surface area contributed by atoms with Crippen LogP contribution in [0.25, 0.3) is 10.2 Å². The maximum atomic E-state index is 12.3. The van der Waals surface area contributed by atoms with Crippen LogP contribution in [-0.2, 0) is 4.79 Å². The Morgan fingerprint density at radius 2 is 2.04 bits per heavy atom. The fourth-order valence-electron chi connectivity index (χ4n) is 2.49. The summed E-state index contributed by atoms with van der Waals surface area (Å²) < 4.78 is 7.46. The number of aryl methyl sites for hydroxylation is 2. The third-order valence-corrected chi connectivity index (χ3v) is 5.34. The Hall–Kier alpha value is -2.16. The van der Waals surface area contributed by atoms with Gasteiger partial charge in [-0.25, -0.2) is 10.8 Å². The number of thiazole rings is 1. The van der Waals surface area contributed by atoms with Gasteiger partial charge in [-0.15, -0.1) is 0 Å². The second-order valence-corrected chi connectivity index (χ2v) is 7.41. The van der Waals surface area contributed by atoms with Crippen molar-refractivity contribution in [1.29, 1.82) is 0 Å². The van der Waals surface area contributed by atoms with Crippen molar-refractivity contribution in [2.75, 3.05) is 17.3 Å². The highest BCUT2D eigenvalue weighted by molar-refractivity contribution is 9.10. The Bertz CT molecular complexity index is 925. The quantitative estimate of drug-likeness (QED) is 0.429. The van der Waals surface area contributed by atoms with Crippen LogP contribution in [0.2, 0.25) is 0 Å². The minimum atomic E-state index is -0.213. The Morgan fingerprint density at radius 3 is 2.72 bits per heavy atom. The third kappa shape index (κ3) is 3.92. The van der Waals surface area contributed by atoms with Gasteiger partial charge in [0.2, 0.25) is 0 Å². The first-order chi connectivity index (χ1) is 12.0. The second kappa shape index (κ2) is 7.38. The van der Waals surface area contributed by atoms with Crippen molar-refractivity contribution in [1.82, 2.24) is 4.98 Å². The molecule has 25 heavy (non-hydrogen) atoms. The SMILES string of the molecule is Cc1cc2nc(NN)sc2c(C)c1NC(=O)COc1ccc(Br)cc1. The van der Waals surface area contributed by atoms with Crippen LogP contribution in [0.3, 0.4) is 0 Å². The molecule has 0 aliphatic rings. The third-order valence-electron chi connectivity index (χ3n) is 3.69. The first-order valence-electron chi connectivity index (χ1n) is 7.53. The molecule has 130 valence electrons. The predicted octanol–water partition coefficient (Wildman–Crippen LogP) is 3.98. The van der Waals surface area contributed by atoms with Crippen LogP contribution in [0.5, 0.6) is 5.75 Å². The van der Waals surface area contributed by atoms with Gasteiger partial charge in [-0.05, 0) is 55.3 Å². The lowest BCUT2D eigenvalue weighted by atomic mass is 10.1. The van der Waals surface area contributed by atoms with Crippen molar-refractivity contribution in [3.05, 3.63) is 45.9 Å². The normalized spacial score (nSPS) is 10.7. The molecular weight excluding hydrogens is 404 g/mol. The predicted molar refractivity (Wildman–Crippen MR) is 105 cm³/mol. The maximum absolute atomic E-state index is 12.3. The molecule has 0 aliphatic heterocycles. The molecule has 0 saturated carbocycles. The highest BCUT2D eigenvalue weighted by Gasteiger charge is 2.14. The number of nitrogens with zero attached hydrogens (tertiary/aromatic N) is 1. The number of aromatic nitrogens is 1. The van der Waals surface area contributed by atoms with E-state index in [0.29, 0.717) is 10.9 Å². The van der Waals surface area contributed by atoms with Crippen molar-refractivity contribution in [2.45, 2.75) is 13.8 Å². The van der Waals surface area contributed by atoms with Crippen LogP contribution in [0.1, 0.15) is 11.1 Å². The number of amides is 1. The molecular formula is C17H17BrN4O2S. The van der Waals surface area contributed by atoms with Gasteiger partial charge in [0.15, 0.2) is 11.7 Å². The number of hydrogen-bond acceptors (Lipinski definition) is 6. The molecule has 0 saturated heterocycles. The molecule has 3 rings (SSSR count). The number of nitrogens with one attached hydrogen (secondary N) is 2. The number of ether oxygens (including phenoxy) is 1. The van der Waals surface area contributed by atoms with E-state index in [2.05, 4.69) is 31.7 Å². The summed E-state index contributed by atoms with van der Waals surface area (Å²) in [7, 11) is 0. The molecule has 4 N–H and O–H groups in total. The van der Waals surface area contributed by atoms with Gasteiger partial charge in [-0.3, -0.25) is 10.2 Å². The van der Waals surface area contributed by atoms with E-state index in [1.165, 1.54) is 11.3 Å². The van der Waals surface area contributed by atoms with E-state index in [4.69, 9.17) is 10.6 Å². The molecule has 0 unspecified atom stereocenters. The zero-order valence-corrected chi connectivity index (χ0v) is 16.1. The number of carbonyl (C=O) groups is 1. The number of fused-ring (bicyclic) bond motifs is 1. The van der Waals surface area contributed by atoms with E-state index in [1.807, 2.05) is 32.0 Å². The van der Waals surface area contributed by atoms with Crippen LogP contribution < -0.4 is 21.3 Å². The van der Waals surface area contributed by atoms with E-state index < -0.39 is 0 Å². The largest absolute Gasteiger partial charge is 0.484 e. The summed E-state index contributed by atoms with van der Waals surface area (Å²) in [6, 6.07) is 9.27. The van der Waals surface area contributed by atoms with E-state index >= 15 is 0 Å². The summed E-state index contributed by atoms with van der Waals surface area (Å²) >= 11 is 4.81. The molecule has 0 radical (unpaired) electrons. The molecule has 2 aromatic carbocycles. The molecule has 1 amide bonds. The zero-order valence-electron chi connectivity index (χ0n) is 13.7. The van der Waals surface area contributed by atoms with Gasteiger partial charge >= 0.3 is 0 Å². The topological polar surface area (TPSA) is 89.3 Å². The molecule has 0 spiro atoms. The van der Waals surface area contributed by atoms with Gasteiger partial charge in [0.25, 0.3) is 5.91 Å². The fraction of sp³-hybridized carbons (Fsp3) is 0.176. The van der Waals surface area contributed by atoms with Gasteiger partial charge in [-0.2, -0.15) is 0 Å². The number of hydrazine groups is 1. The molecule has 8 heteroatoms. The van der Waals surface area contributed by atoms with Crippen molar-refractivity contribution >= 4 is 54.2 Å². The van der Waals surface area contributed by atoms with Gasteiger partial charge < -0.3 is 10.1 Å². The number of anilines is 2. The minimum absolute atomic E-state index is 0.0587. The molecule has 3 aromatic rings. The van der Waals surface area contributed by atoms with E-state index in [1.54, 1.807) is 12.1 Å².